The van der Waals surface area contributed by atoms with Crippen molar-refractivity contribution in [2.24, 2.45) is 0 Å². The van der Waals surface area contributed by atoms with Gasteiger partial charge in [-0.2, -0.15) is 0 Å². The van der Waals surface area contributed by atoms with Crippen molar-refractivity contribution >= 4 is 22.8 Å². The SMILES string of the molecule is COc1ccc(C(=O)n2c(C(=O)NC(C)c3ccccc3)nc3ccccc32)cc1. The van der Waals surface area contributed by atoms with Gasteiger partial charge >= 0.3 is 0 Å². The van der Waals surface area contributed by atoms with E-state index < -0.39 is 5.91 Å². The van der Waals surface area contributed by atoms with Crippen LogP contribution in [0.5, 0.6) is 5.75 Å². The molecule has 6 heteroatoms. The van der Waals surface area contributed by atoms with Crippen LogP contribution in [-0.4, -0.2) is 28.5 Å². The molecule has 3 aromatic carbocycles. The van der Waals surface area contributed by atoms with E-state index in [-0.39, 0.29) is 17.8 Å². The molecule has 0 fully saturated rings. The number of nitrogens with zero attached hydrogens (tertiary/aromatic N) is 2. The fourth-order valence-corrected chi connectivity index (χ4v) is 3.33. The Balaban J connectivity index is 1.72. The highest BCUT2D eigenvalue weighted by Crippen LogP contribution is 2.21. The van der Waals surface area contributed by atoms with Gasteiger partial charge in [-0.3, -0.25) is 14.2 Å². The van der Waals surface area contributed by atoms with E-state index in [1.54, 1.807) is 43.5 Å². The van der Waals surface area contributed by atoms with Crippen molar-refractivity contribution in [3.8, 4) is 5.75 Å². The van der Waals surface area contributed by atoms with Gasteiger partial charge in [-0.25, -0.2) is 4.98 Å². The zero-order valence-corrected chi connectivity index (χ0v) is 16.7. The number of ether oxygens (including phenoxy) is 1. The van der Waals surface area contributed by atoms with Crippen LogP contribution < -0.4 is 10.1 Å². The zero-order valence-electron chi connectivity index (χ0n) is 16.7. The summed E-state index contributed by atoms with van der Waals surface area (Å²) in [6.07, 6.45) is 0. The molecule has 0 saturated carbocycles. The molecule has 4 rings (SSSR count). The fraction of sp³-hybridized carbons (Fsp3) is 0.125. The number of methoxy groups -OCH3 is 1. The summed E-state index contributed by atoms with van der Waals surface area (Å²) in [7, 11) is 1.57. The number of amides is 1. The number of para-hydroxylation sites is 2. The average molecular weight is 399 g/mol. The summed E-state index contributed by atoms with van der Waals surface area (Å²) in [4.78, 5) is 30.8. The van der Waals surface area contributed by atoms with Gasteiger partial charge < -0.3 is 10.1 Å². The van der Waals surface area contributed by atoms with Crippen LogP contribution in [0, 0.1) is 0 Å². The van der Waals surface area contributed by atoms with Gasteiger partial charge in [0.1, 0.15) is 5.75 Å². The molecule has 0 spiro atoms. The highest BCUT2D eigenvalue weighted by atomic mass is 16.5. The molecule has 0 aliphatic rings. The molecule has 4 aromatic rings. The number of fused-ring (bicyclic) bond motifs is 1. The van der Waals surface area contributed by atoms with Crippen LogP contribution >= 0.6 is 0 Å². The Hall–Kier alpha value is -3.93. The first-order chi connectivity index (χ1) is 14.6. The summed E-state index contributed by atoms with van der Waals surface area (Å²) < 4.78 is 6.53. The number of nitrogens with one attached hydrogen (secondary N) is 1. The van der Waals surface area contributed by atoms with Crippen LogP contribution in [0.2, 0.25) is 0 Å². The molecular weight excluding hydrogens is 378 g/mol. The van der Waals surface area contributed by atoms with Gasteiger partial charge in [0.2, 0.25) is 5.82 Å². The van der Waals surface area contributed by atoms with Crippen molar-refractivity contribution in [3.05, 3.63) is 95.8 Å². The molecule has 1 N–H and O–H groups in total. The predicted molar refractivity (Wildman–Crippen MR) is 115 cm³/mol. The van der Waals surface area contributed by atoms with Crippen LogP contribution in [0.15, 0.2) is 78.9 Å². The quantitative estimate of drug-likeness (QED) is 0.545. The molecule has 1 amide bonds. The topological polar surface area (TPSA) is 73.2 Å². The number of carbonyl (C=O) groups excluding carboxylic acids is 2. The molecule has 0 saturated heterocycles. The summed E-state index contributed by atoms with van der Waals surface area (Å²) in [5, 5.41) is 2.94. The van der Waals surface area contributed by atoms with Crippen LogP contribution in [0.4, 0.5) is 0 Å². The second kappa shape index (κ2) is 8.21. The number of hydrogen-bond donors (Lipinski definition) is 1. The van der Waals surface area contributed by atoms with E-state index in [1.165, 1.54) is 4.57 Å². The summed E-state index contributed by atoms with van der Waals surface area (Å²) in [5.74, 6) is -0.0372. The van der Waals surface area contributed by atoms with Crippen LogP contribution in [-0.2, 0) is 0 Å². The standard InChI is InChI=1S/C24H21N3O3/c1-16(17-8-4-3-5-9-17)25-23(28)22-26-20-10-6-7-11-21(20)27(22)24(29)18-12-14-19(30-2)15-13-18/h3-16H,1-2H3,(H,25,28). The number of carbonyl (C=O) groups is 2. The monoisotopic (exact) mass is 399 g/mol. The van der Waals surface area contributed by atoms with Crippen molar-refractivity contribution in [1.29, 1.82) is 0 Å². The molecule has 0 aliphatic carbocycles. The lowest BCUT2D eigenvalue weighted by Crippen LogP contribution is -2.31. The van der Waals surface area contributed by atoms with Crippen LogP contribution in [0.25, 0.3) is 11.0 Å². The summed E-state index contributed by atoms with van der Waals surface area (Å²) >= 11 is 0. The van der Waals surface area contributed by atoms with E-state index in [0.717, 1.165) is 5.56 Å². The molecule has 150 valence electrons. The van der Waals surface area contributed by atoms with Crippen LogP contribution in [0.1, 0.15) is 39.5 Å². The van der Waals surface area contributed by atoms with E-state index >= 15 is 0 Å². The first-order valence-electron chi connectivity index (χ1n) is 9.60. The second-order valence-electron chi connectivity index (χ2n) is 6.90. The van der Waals surface area contributed by atoms with Gasteiger partial charge in [0.15, 0.2) is 0 Å². The molecule has 0 bridgehead atoms. The molecule has 1 unspecified atom stereocenters. The molecular formula is C24H21N3O3. The van der Waals surface area contributed by atoms with Crippen LogP contribution in [0.3, 0.4) is 0 Å². The Labute approximate surface area is 174 Å². The summed E-state index contributed by atoms with van der Waals surface area (Å²) in [5.41, 5.74) is 2.56. The van der Waals surface area contributed by atoms with E-state index in [2.05, 4.69) is 10.3 Å². The number of aromatic nitrogens is 2. The summed E-state index contributed by atoms with van der Waals surface area (Å²) in [6, 6.07) is 23.4. The Kier molecular flexibility index (Phi) is 5.30. The van der Waals surface area contributed by atoms with Gasteiger partial charge in [0, 0.05) is 5.56 Å². The van der Waals surface area contributed by atoms with E-state index in [1.807, 2.05) is 49.4 Å². The van der Waals surface area contributed by atoms with E-state index in [4.69, 9.17) is 4.74 Å². The Morgan fingerprint density at radius 1 is 0.933 bits per heavy atom. The maximum absolute atomic E-state index is 13.3. The third-order valence-corrected chi connectivity index (χ3v) is 4.95. The molecule has 1 atom stereocenters. The van der Waals surface area contributed by atoms with Crippen molar-refractivity contribution in [2.75, 3.05) is 7.11 Å². The van der Waals surface area contributed by atoms with E-state index in [9.17, 15) is 9.59 Å². The molecule has 0 radical (unpaired) electrons. The first kappa shape index (κ1) is 19.4. The van der Waals surface area contributed by atoms with Gasteiger partial charge in [0.05, 0.1) is 24.2 Å². The molecule has 6 nitrogen and oxygen atoms in total. The first-order valence-corrected chi connectivity index (χ1v) is 9.60. The van der Waals surface area contributed by atoms with Gasteiger partial charge in [-0.1, -0.05) is 42.5 Å². The lowest BCUT2D eigenvalue weighted by molar-refractivity contribution is 0.0890. The smallest absolute Gasteiger partial charge is 0.288 e. The van der Waals surface area contributed by atoms with Gasteiger partial charge in [-0.15, -0.1) is 0 Å². The third kappa shape index (κ3) is 3.67. The second-order valence-corrected chi connectivity index (χ2v) is 6.90. The minimum absolute atomic E-state index is 0.0554. The molecule has 1 aromatic heterocycles. The number of benzene rings is 3. The number of imidazole rings is 1. The minimum Gasteiger partial charge on any atom is -0.497 e. The summed E-state index contributed by atoms with van der Waals surface area (Å²) in [6.45, 7) is 1.89. The van der Waals surface area contributed by atoms with Crippen molar-refractivity contribution < 1.29 is 14.3 Å². The number of rotatable bonds is 5. The maximum atomic E-state index is 13.3. The Morgan fingerprint density at radius 2 is 1.60 bits per heavy atom. The lowest BCUT2D eigenvalue weighted by Gasteiger charge is -2.15. The highest BCUT2D eigenvalue weighted by molar-refractivity contribution is 6.07. The lowest BCUT2D eigenvalue weighted by atomic mass is 10.1. The van der Waals surface area contributed by atoms with E-state index in [0.29, 0.717) is 22.3 Å². The van der Waals surface area contributed by atoms with Gasteiger partial charge in [-0.05, 0) is 48.9 Å². The highest BCUT2D eigenvalue weighted by Gasteiger charge is 2.24. The number of hydrogen-bond acceptors (Lipinski definition) is 4. The van der Waals surface area contributed by atoms with Crippen molar-refractivity contribution in [3.63, 3.8) is 0 Å². The minimum atomic E-state index is -0.413. The van der Waals surface area contributed by atoms with Crippen molar-refractivity contribution in [2.45, 2.75) is 13.0 Å². The maximum Gasteiger partial charge on any atom is 0.288 e. The zero-order chi connectivity index (χ0) is 21.1. The predicted octanol–water partition coefficient (Wildman–Crippen LogP) is 4.22. The fourth-order valence-electron chi connectivity index (χ4n) is 3.33. The molecule has 1 heterocycles. The Morgan fingerprint density at radius 3 is 2.30 bits per heavy atom. The molecule has 0 aliphatic heterocycles. The normalized spacial score (nSPS) is 11.8. The third-order valence-electron chi connectivity index (χ3n) is 4.95. The molecule has 30 heavy (non-hydrogen) atoms. The largest absolute Gasteiger partial charge is 0.497 e. The van der Waals surface area contributed by atoms with Gasteiger partial charge in [0.25, 0.3) is 11.8 Å². The van der Waals surface area contributed by atoms with Crippen molar-refractivity contribution in [1.82, 2.24) is 14.9 Å². The Bertz CT molecular complexity index is 1200. The average Bonchev–Trinajstić information content (AvgIpc) is 3.19.